The number of ether oxygens (including phenoxy) is 8. The number of nitrogens with zero attached hydrogens (tertiary/aromatic N) is 1. The molecule has 6 aliphatic rings. The second kappa shape index (κ2) is 18.7. The summed E-state index contributed by atoms with van der Waals surface area (Å²) in [7, 11) is 7.09. The van der Waals surface area contributed by atoms with Crippen LogP contribution in [-0.2, 0) is 47.5 Å². The average Bonchev–Trinajstić information content (AvgIpc) is 3.74. The first-order valence-electron chi connectivity index (χ1n) is 21.1. The van der Waals surface area contributed by atoms with Crippen molar-refractivity contribution in [2.75, 3.05) is 34.9 Å². The predicted octanol–water partition coefficient (Wildman–Crippen LogP) is 6.43. The van der Waals surface area contributed by atoms with Gasteiger partial charge in [0.2, 0.25) is 0 Å². The fraction of sp³-hybridized carbons (Fsp3) is 0.818. The Morgan fingerprint density at radius 2 is 1.62 bits per heavy atom. The molecule has 17 atom stereocenters. The number of carbonyl (C=O) groups is 2. The number of hydrogen-bond donors (Lipinski definition) is 0. The van der Waals surface area contributed by atoms with Gasteiger partial charge >= 0.3 is 5.97 Å². The molecule has 0 aromatic carbocycles. The van der Waals surface area contributed by atoms with E-state index in [9.17, 15) is 9.59 Å². The van der Waals surface area contributed by atoms with E-state index in [-0.39, 0.29) is 103 Å². The van der Waals surface area contributed by atoms with Crippen LogP contribution in [0.4, 0.5) is 0 Å². The van der Waals surface area contributed by atoms with Gasteiger partial charge in [0, 0.05) is 45.8 Å². The molecular formula is C44H69NO10. The Bertz CT molecular complexity index is 1400. The number of rotatable bonds is 11. The number of ketones is 1. The lowest BCUT2D eigenvalue weighted by Gasteiger charge is -2.44. The standard InChI is InChI=1S/C44H69NO10/c1-11-18-45(7)36-16-17-39(51-26(36)5)55-37-15-13-14-28(12-2)53-38(46)23-34-31-19-24(3)30-20-29(21-32(30)33(31)22-35(34)40(47)25(37)4)54-44-43(50-10)42(49-9)41(48-8)27(6)52-44/h11,19,22,25-34,36-37,39,41-44H,1,12-18,20-21,23H2,2-10H3/t25-,26?,27?,28+,29-,30+,31-,32-,33-,34+,36+,37+,39+,41+,42?,43?,44+/m1/s1. The van der Waals surface area contributed by atoms with Crippen LogP contribution in [0.25, 0.3) is 0 Å². The fourth-order valence-electron chi connectivity index (χ4n) is 11.0. The maximum Gasteiger partial charge on any atom is 0.306 e. The van der Waals surface area contributed by atoms with Gasteiger partial charge in [-0.15, -0.1) is 6.58 Å². The zero-order valence-electron chi connectivity index (χ0n) is 34.9. The summed E-state index contributed by atoms with van der Waals surface area (Å²) in [6, 6.07) is 0.285. The van der Waals surface area contributed by atoms with Gasteiger partial charge in [-0.05, 0) is 108 Å². The molecule has 1 saturated carbocycles. The molecule has 0 spiro atoms. The topological polar surface area (TPSA) is 111 Å². The first-order valence-corrected chi connectivity index (χ1v) is 21.1. The molecule has 6 rings (SSSR count). The zero-order valence-corrected chi connectivity index (χ0v) is 34.9. The van der Waals surface area contributed by atoms with Crippen LogP contribution in [0.5, 0.6) is 0 Å². The van der Waals surface area contributed by atoms with Gasteiger partial charge in [-0.1, -0.05) is 37.6 Å². The third-order valence-electron chi connectivity index (χ3n) is 14.0. The number of hydrogen-bond acceptors (Lipinski definition) is 11. The highest BCUT2D eigenvalue weighted by atomic mass is 16.7. The molecule has 3 heterocycles. The smallest absolute Gasteiger partial charge is 0.306 e. The van der Waals surface area contributed by atoms with Gasteiger partial charge in [0.25, 0.3) is 0 Å². The zero-order chi connectivity index (χ0) is 39.6. The van der Waals surface area contributed by atoms with Gasteiger partial charge in [0.1, 0.15) is 24.4 Å². The summed E-state index contributed by atoms with van der Waals surface area (Å²) in [5.74, 6) is -0.0537. The highest BCUT2D eigenvalue weighted by Gasteiger charge is 2.53. The van der Waals surface area contributed by atoms with E-state index in [4.69, 9.17) is 37.9 Å². The van der Waals surface area contributed by atoms with Crippen molar-refractivity contribution in [3.8, 4) is 0 Å². The first-order chi connectivity index (χ1) is 26.4. The van der Waals surface area contributed by atoms with Crippen LogP contribution in [-0.4, -0.2) is 119 Å². The summed E-state index contributed by atoms with van der Waals surface area (Å²) in [5.41, 5.74) is 2.06. The van der Waals surface area contributed by atoms with E-state index in [2.05, 4.69) is 51.4 Å². The van der Waals surface area contributed by atoms with Crippen LogP contribution < -0.4 is 0 Å². The number of carbonyl (C=O) groups excluding carboxylic acids is 2. The Hall–Kier alpha value is -1.96. The van der Waals surface area contributed by atoms with E-state index in [0.29, 0.717) is 12.3 Å². The second-order valence-corrected chi connectivity index (χ2v) is 17.2. The van der Waals surface area contributed by atoms with E-state index in [0.717, 1.165) is 57.1 Å². The number of fused-ring (bicyclic) bond motifs is 5. The number of cyclic esters (lactones) is 1. The Labute approximate surface area is 329 Å². The second-order valence-electron chi connectivity index (χ2n) is 17.2. The molecule has 0 amide bonds. The molecule has 3 aliphatic heterocycles. The minimum atomic E-state index is -0.603. The summed E-state index contributed by atoms with van der Waals surface area (Å²) in [4.78, 5) is 30.7. The van der Waals surface area contributed by atoms with E-state index < -0.39 is 12.4 Å². The van der Waals surface area contributed by atoms with Crippen molar-refractivity contribution in [1.82, 2.24) is 4.90 Å². The summed E-state index contributed by atoms with van der Waals surface area (Å²) < 4.78 is 49.9. The predicted molar refractivity (Wildman–Crippen MR) is 208 cm³/mol. The molecule has 55 heavy (non-hydrogen) atoms. The summed E-state index contributed by atoms with van der Waals surface area (Å²) in [5, 5.41) is 0. The molecule has 4 fully saturated rings. The van der Waals surface area contributed by atoms with Crippen molar-refractivity contribution >= 4 is 11.8 Å². The van der Waals surface area contributed by atoms with Crippen molar-refractivity contribution in [3.63, 3.8) is 0 Å². The van der Waals surface area contributed by atoms with Gasteiger partial charge in [-0.25, -0.2) is 0 Å². The Morgan fingerprint density at radius 1 is 0.873 bits per heavy atom. The van der Waals surface area contributed by atoms with Crippen LogP contribution in [0, 0.1) is 35.5 Å². The van der Waals surface area contributed by atoms with Crippen LogP contribution in [0.15, 0.2) is 36.0 Å². The highest BCUT2D eigenvalue weighted by Crippen LogP contribution is 2.56. The molecule has 0 bridgehead atoms. The quantitative estimate of drug-likeness (QED) is 0.171. The molecule has 11 nitrogen and oxygen atoms in total. The van der Waals surface area contributed by atoms with Crippen molar-refractivity contribution in [2.24, 2.45) is 35.5 Å². The van der Waals surface area contributed by atoms with E-state index in [1.807, 2.05) is 19.9 Å². The molecular weight excluding hydrogens is 702 g/mol. The van der Waals surface area contributed by atoms with E-state index >= 15 is 0 Å². The summed E-state index contributed by atoms with van der Waals surface area (Å²) in [6.45, 7) is 15.1. The number of likely N-dealkylation sites (N-methyl/N-ethyl adjacent to an activating group) is 1. The molecule has 0 radical (unpaired) electrons. The van der Waals surface area contributed by atoms with Crippen molar-refractivity contribution in [2.45, 2.75) is 160 Å². The van der Waals surface area contributed by atoms with Crippen LogP contribution in [0.1, 0.15) is 92.4 Å². The van der Waals surface area contributed by atoms with Gasteiger partial charge in [0.15, 0.2) is 18.4 Å². The molecule has 0 aromatic rings. The minimum Gasteiger partial charge on any atom is -0.462 e. The molecule has 3 aliphatic carbocycles. The normalized spacial score (nSPS) is 44.0. The SMILES string of the molecule is C=CCN(C)[C@H]1CC[C@H](O[C@H]2CCC[C@H](CC)OC(=O)C[C@@H]3C(=C[C@@H]4[C@H]3C=C(C)[C@@H]3C[C@@H](O[C@@H]5OC(C)[C@H](OC)C(OC)C5OC)C[C@@H]43)C(=O)[C@@H]2C)OC1C. The fourth-order valence-corrected chi connectivity index (χ4v) is 11.0. The number of esters is 1. The van der Waals surface area contributed by atoms with Gasteiger partial charge in [0.05, 0.1) is 30.8 Å². The third-order valence-corrected chi connectivity index (χ3v) is 14.0. The van der Waals surface area contributed by atoms with E-state index in [1.165, 1.54) is 5.57 Å². The van der Waals surface area contributed by atoms with Crippen LogP contribution in [0.2, 0.25) is 0 Å². The van der Waals surface area contributed by atoms with E-state index in [1.54, 1.807) is 21.3 Å². The highest BCUT2D eigenvalue weighted by molar-refractivity contribution is 5.99. The lowest BCUT2D eigenvalue weighted by atomic mass is 9.67. The molecule has 11 heteroatoms. The lowest BCUT2D eigenvalue weighted by Crippen LogP contribution is -2.59. The number of Topliss-reactive ketones (excluding diaryl/α,β-unsaturated/α-hetero) is 1. The molecule has 0 aromatic heterocycles. The number of allylic oxidation sites excluding steroid dienone is 4. The Morgan fingerprint density at radius 3 is 2.29 bits per heavy atom. The van der Waals surface area contributed by atoms with Crippen molar-refractivity contribution in [3.05, 3.63) is 36.0 Å². The molecule has 310 valence electrons. The first kappa shape index (κ1) is 42.6. The summed E-state index contributed by atoms with van der Waals surface area (Å²) >= 11 is 0. The molecule has 3 saturated heterocycles. The molecule has 4 unspecified atom stereocenters. The van der Waals surface area contributed by atoms with Gasteiger partial charge < -0.3 is 37.9 Å². The largest absolute Gasteiger partial charge is 0.462 e. The van der Waals surface area contributed by atoms with Crippen molar-refractivity contribution in [1.29, 1.82) is 0 Å². The van der Waals surface area contributed by atoms with Gasteiger partial charge in [-0.3, -0.25) is 14.5 Å². The maximum absolute atomic E-state index is 14.8. The minimum absolute atomic E-state index is 0.00536. The van der Waals surface area contributed by atoms with Gasteiger partial charge in [-0.2, -0.15) is 0 Å². The Kier molecular flexibility index (Phi) is 14.5. The van der Waals surface area contributed by atoms with Crippen LogP contribution in [0.3, 0.4) is 0 Å². The lowest BCUT2D eigenvalue weighted by molar-refractivity contribution is -0.314. The maximum atomic E-state index is 14.8. The average molecular weight is 772 g/mol. The monoisotopic (exact) mass is 771 g/mol. The number of methoxy groups -OCH3 is 3. The van der Waals surface area contributed by atoms with Crippen LogP contribution >= 0.6 is 0 Å². The third kappa shape index (κ3) is 9.04. The molecule has 0 N–H and O–H groups in total. The summed E-state index contributed by atoms with van der Waals surface area (Å²) in [6.07, 6.45) is 10.3. The van der Waals surface area contributed by atoms with Crippen molar-refractivity contribution < 1.29 is 47.5 Å². The Balaban J connectivity index is 1.22.